The molecule has 0 spiro atoms. The maximum absolute atomic E-state index is 13.0. The molecule has 1 amide bonds. The van der Waals surface area contributed by atoms with Crippen LogP contribution in [0.25, 0.3) is 0 Å². The third kappa shape index (κ3) is 4.01. The van der Waals surface area contributed by atoms with Gasteiger partial charge < -0.3 is 5.32 Å². The Morgan fingerprint density at radius 3 is 2.59 bits per heavy atom. The smallest absolute Gasteiger partial charge is 0.292 e. The van der Waals surface area contributed by atoms with Crippen molar-refractivity contribution in [3.63, 3.8) is 0 Å². The van der Waals surface area contributed by atoms with Gasteiger partial charge in [0, 0.05) is 11.0 Å². The minimum absolute atomic E-state index is 0.0862. The Balaban J connectivity index is 1.99. The monoisotopic (exact) mass is 324 g/mol. The van der Waals surface area contributed by atoms with Gasteiger partial charge in [-0.1, -0.05) is 12.1 Å². The molecule has 0 aromatic heterocycles. The molecule has 0 saturated carbocycles. The molecule has 2 aromatic carbocycles. The van der Waals surface area contributed by atoms with E-state index in [1.54, 1.807) is 6.07 Å². The first-order chi connectivity index (χ1) is 10.5. The van der Waals surface area contributed by atoms with Gasteiger partial charge in [0.25, 0.3) is 5.69 Å². The molecule has 0 aliphatic heterocycles. The highest BCUT2D eigenvalue weighted by Gasteiger charge is 2.15. The number of nitrogens with zero attached hydrogens (tertiary/aromatic N) is 1. The molecule has 0 fully saturated rings. The number of nitrogens with one attached hydrogen (secondary N) is 1. The second-order valence-electron chi connectivity index (χ2n) is 4.19. The van der Waals surface area contributed by atoms with Gasteiger partial charge in [-0.15, -0.1) is 11.8 Å². The lowest BCUT2D eigenvalue weighted by atomic mass is 10.2. The van der Waals surface area contributed by atoms with Crippen LogP contribution in [0.15, 0.2) is 47.4 Å². The maximum atomic E-state index is 13.0. The quantitative estimate of drug-likeness (QED) is 0.518. The minimum atomic E-state index is -0.996. The number of benzene rings is 2. The molecule has 0 radical (unpaired) electrons. The molecule has 2 aromatic rings. The highest BCUT2D eigenvalue weighted by Crippen LogP contribution is 2.24. The maximum Gasteiger partial charge on any atom is 0.292 e. The fourth-order valence-electron chi connectivity index (χ4n) is 1.64. The van der Waals surface area contributed by atoms with Gasteiger partial charge in [0.15, 0.2) is 11.6 Å². The molecule has 0 aliphatic rings. The van der Waals surface area contributed by atoms with E-state index in [0.717, 1.165) is 23.9 Å². The summed E-state index contributed by atoms with van der Waals surface area (Å²) in [6, 6.07) is 9.04. The first-order valence-corrected chi connectivity index (χ1v) is 7.07. The Morgan fingerprint density at radius 1 is 1.18 bits per heavy atom. The topological polar surface area (TPSA) is 72.2 Å². The number of rotatable bonds is 5. The molecule has 22 heavy (non-hydrogen) atoms. The van der Waals surface area contributed by atoms with Crippen LogP contribution >= 0.6 is 11.8 Å². The molecule has 0 saturated heterocycles. The Kier molecular flexibility index (Phi) is 5.05. The summed E-state index contributed by atoms with van der Waals surface area (Å²) in [7, 11) is 0. The number of anilines is 1. The van der Waals surface area contributed by atoms with Crippen molar-refractivity contribution in [2.75, 3.05) is 11.1 Å². The van der Waals surface area contributed by atoms with Gasteiger partial charge in [-0.05, 0) is 24.3 Å². The van der Waals surface area contributed by atoms with Gasteiger partial charge in [-0.25, -0.2) is 8.78 Å². The van der Waals surface area contributed by atoms with E-state index in [2.05, 4.69) is 5.32 Å². The summed E-state index contributed by atoms with van der Waals surface area (Å²) < 4.78 is 25.8. The van der Waals surface area contributed by atoms with Crippen molar-refractivity contribution in [1.82, 2.24) is 0 Å². The van der Waals surface area contributed by atoms with Crippen molar-refractivity contribution in [3.8, 4) is 0 Å². The number of thioether (sulfide) groups is 1. The van der Waals surface area contributed by atoms with Crippen molar-refractivity contribution in [2.24, 2.45) is 0 Å². The highest BCUT2D eigenvalue weighted by atomic mass is 32.2. The van der Waals surface area contributed by atoms with Crippen molar-refractivity contribution >= 4 is 29.0 Å². The number of carbonyl (C=O) groups is 1. The van der Waals surface area contributed by atoms with Crippen molar-refractivity contribution in [1.29, 1.82) is 0 Å². The number of amides is 1. The molecule has 1 N–H and O–H groups in total. The van der Waals surface area contributed by atoms with E-state index in [4.69, 9.17) is 0 Å². The Morgan fingerprint density at radius 2 is 1.91 bits per heavy atom. The van der Waals surface area contributed by atoms with Gasteiger partial charge in [-0.2, -0.15) is 0 Å². The molecule has 0 aliphatic carbocycles. The molecule has 5 nitrogen and oxygen atoms in total. The Hall–Kier alpha value is -2.48. The Bertz CT molecular complexity index is 725. The molecule has 0 bridgehead atoms. The van der Waals surface area contributed by atoms with Crippen LogP contribution in [0, 0.1) is 21.7 Å². The molecule has 114 valence electrons. The molecule has 0 unspecified atom stereocenters. The first kappa shape index (κ1) is 15.9. The normalized spacial score (nSPS) is 10.3. The van der Waals surface area contributed by atoms with Crippen LogP contribution in [-0.2, 0) is 4.79 Å². The van der Waals surface area contributed by atoms with Crippen LogP contribution in [0.5, 0.6) is 0 Å². The van der Waals surface area contributed by atoms with Crippen LogP contribution in [0.2, 0.25) is 0 Å². The number of halogens is 2. The summed E-state index contributed by atoms with van der Waals surface area (Å²) in [4.78, 5) is 22.4. The lowest BCUT2D eigenvalue weighted by molar-refractivity contribution is -0.383. The molecule has 0 atom stereocenters. The third-order valence-corrected chi connectivity index (χ3v) is 3.63. The van der Waals surface area contributed by atoms with E-state index in [1.165, 1.54) is 24.3 Å². The largest absolute Gasteiger partial charge is 0.320 e. The predicted molar refractivity (Wildman–Crippen MR) is 78.8 cm³/mol. The summed E-state index contributed by atoms with van der Waals surface area (Å²) in [6.07, 6.45) is 0. The van der Waals surface area contributed by atoms with Gasteiger partial charge in [-0.3, -0.25) is 14.9 Å². The summed E-state index contributed by atoms with van der Waals surface area (Å²) in [5.74, 6) is -2.53. The highest BCUT2D eigenvalue weighted by molar-refractivity contribution is 8.00. The van der Waals surface area contributed by atoms with Crippen LogP contribution < -0.4 is 5.32 Å². The number of hydrogen-bond donors (Lipinski definition) is 1. The molecule has 8 heteroatoms. The summed E-state index contributed by atoms with van der Waals surface area (Å²) >= 11 is 0.996. The van der Waals surface area contributed by atoms with E-state index in [-0.39, 0.29) is 17.1 Å². The summed E-state index contributed by atoms with van der Waals surface area (Å²) in [5.41, 5.74) is -0.128. The van der Waals surface area contributed by atoms with Crippen LogP contribution in [0.4, 0.5) is 20.2 Å². The van der Waals surface area contributed by atoms with Gasteiger partial charge >= 0.3 is 0 Å². The minimum Gasteiger partial charge on any atom is -0.320 e. The van der Waals surface area contributed by atoms with Crippen LogP contribution in [0.3, 0.4) is 0 Å². The number of nitro benzene ring substituents is 1. The average molecular weight is 324 g/mol. The van der Waals surface area contributed by atoms with Gasteiger partial charge in [0.2, 0.25) is 5.91 Å². The molecule has 2 rings (SSSR count). The van der Waals surface area contributed by atoms with Gasteiger partial charge in [0.1, 0.15) is 5.69 Å². The predicted octanol–water partition coefficient (Wildman–Crippen LogP) is 3.60. The number of para-hydroxylation sites is 2. The van der Waals surface area contributed by atoms with Crippen molar-refractivity contribution < 1.29 is 18.5 Å². The number of carbonyl (C=O) groups excluding carboxylic acids is 1. The lowest BCUT2D eigenvalue weighted by Gasteiger charge is -2.06. The molecular weight excluding hydrogens is 314 g/mol. The van der Waals surface area contributed by atoms with E-state index < -0.39 is 22.5 Å². The van der Waals surface area contributed by atoms with Crippen molar-refractivity contribution in [3.05, 3.63) is 64.2 Å². The van der Waals surface area contributed by atoms with Crippen LogP contribution in [-0.4, -0.2) is 16.6 Å². The zero-order valence-electron chi connectivity index (χ0n) is 11.1. The zero-order chi connectivity index (χ0) is 16.1. The standard InChI is InChI=1S/C14H10F2N2O3S/c15-10-6-5-9(7-11(10)16)22-8-14(19)17-12-3-1-2-4-13(12)18(20)21/h1-7H,8H2,(H,17,19). The second-order valence-corrected chi connectivity index (χ2v) is 5.24. The van der Waals surface area contributed by atoms with Gasteiger partial charge in [0.05, 0.1) is 10.7 Å². The Labute approximate surface area is 128 Å². The molecule has 0 heterocycles. The van der Waals surface area contributed by atoms with Crippen LogP contribution in [0.1, 0.15) is 0 Å². The average Bonchev–Trinajstić information content (AvgIpc) is 2.49. The van der Waals surface area contributed by atoms with E-state index in [0.29, 0.717) is 4.90 Å². The fourth-order valence-corrected chi connectivity index (χ4v) is 2.36. The van der Waals surface area contributed by atoms with E-state index in [1.807, 2.05) is 0 Å². The fraction of sp³-hybridized carbons (Fsp3) is 0.0714. The third-order valence-electron chi connectivity index (χ3n) is 2.64. The summed E-state index contributed by atoms with van der Waals surface area (Å²) in [5, 5.41) is 13.2. The first-order valence-electron chi connectivity index (χ1n) is 6.08. The number of nitro groups is 1. The summed E-state index contributed by atoms with van der Waals surface area (Å²) in [6.45, 7) is 0. The van der Waals surface area contributed by atoms with E-state index in [9.17, 15) is 23.7 Å². The number of hydrogen-bond acceptors (Lipinski definition) is 4. The molecular formula is C14H10F2N2O3S. The lowest BCUT2D eigenvalue weighted by Crippen LogP contribution is -2.15. The van der Waals surface area contributed by atoms with Crippen molar-refractivity contribution in [2.45, 2.75) is 4.90 Å². The van der Waals surface area contributed by atoms with E-state index >= 15 is 0 Å². The second kappa shape index (κ2) is 6.99. The zero-order valence-corrected chi connectivity index (χ0v) is 11.9. The SMILES string of the molecule is O=C(CSc1ccc(F)c(F)c1)Nc1ccccc1[N+](=O)[O-].